The summed E-state index contributed by atoms with van der Waals surface area (Å²) in [6, 6.07) is 7.60. The Balaban J connectivity index is 1.78. The fourth-order valence-electron chi connectivity index (χ4n) is 2.40. The van der Waals surface area contributed by atoms with Crippen molar-refractivity contribution in [2.75, 3.05) is 18.5 Å². The average molecular weight is 320 g/mol. The Morgan fingerprint density at radius 1 is 1.35 bits per heavy atom. The molecule has 1 amide bonds. The maximum atomic E-state index is 12.0. The summed E-state index contributed by atoms with van der Waals surface area (Å²) in [6.07, 6.45) is 3.34. The molecule has 0 aromatic heterocycles. The molecule has 0 radical (unpaired) electrons. The Kier molecular flexibility index (Phi) is 6.71. The largest absolute Gasteiger partial charge is 0.491 e. The number of carbonyl (C=O) groups excluding carboxylic acids is 1. The van der Waals surface area contributed by atoms with Gasteiger partial charge in [0, 0.05) is 18.3 Å². The van der Waals surface area contributed by atoms with Crippen LogP contribution in [0.5, 0.6) is 5.75 Å². The molecule has 0 unspecified atom stereocenters. The minimum atomic E-state index is -0.275. The van der Waals surface area contributed by atoms with E-state index in [4.69, 9.17) is 9.47 Å². The van der Waals surface area contributed by atoms with E-state index in [0.717, 1.165) is 37.3 Å². The Bertz CT molecular complexity index is 484. The molecule has 1 fully saturated rings. The summed E-state index contributed by atoms with van der Waals surface area (Å²) >= 11 is 0. The first-order valence-electron chi connectivity index (χ1n) is 8.50. The fourth-order valence-corrected chi connectivity index (χ4v) is 2.40. The van der Waals surface area contributed by atoms with Crippen LogP contribution in [-0.4, -0.2) is 37.3 Å². The van der Waals surface area contributed by atoms with Gasteiger partial charge in [0.2, 0.25) is 5.91 Å². The van der Waals surface area contributed by atoms with Gasteiger partial charge in [0.1, 0.15) is 18.4 Å². The van der Waals surface area contributed by atoms with E-state index in [1.807, 2.05) is 38.1 Å². The number of carbonyl (C=O) groups is 1. The molecular formula is C18H28N2O3. The number of nitrogens with one attached hydrogen (secondary N) is 2. The maximum absolute atomic E-state index is 12.0. The molecule has 2 rings (SSSR count). The van der Waals surface area contributed by atoms with Crippen LogP contribution in [0.3, 0.4) is 0 Å². The summed E-state index contributed by atoms with van der Waals surface area (Å²) in [4.78, 5) is 12.0. The van der Waals surface area contributed by atoms with Crippen LogP contribution >= 0.6 is 0 Å². The van der Waals surface area contributed by atoms with E-state index in [0.29, 0.717) is 6.61 Å². The second-order valence-electron chi connectivity index (χ2n) is 6.15. The molecule has 1 saturated heterocycles. The third kappa shape index (κ3) is 5.75. The first-order valence-corrected chi connectivity index (χ1v) is 8.50. The van der Waals surface area contributed by atoms with Crippen molar-refractivity contribution in [1.29, 1.82) is 0 Å². The SMILES string of the molecule is CC[C@H](C)NC(=O)[C@H](C)Nc1ccc(OC[C@@H]2CCCO2)cc1. The highest BCUT2D eigenvalue weighted by molar-refractivity contribution is 5.84. The molecule has 1 aliphatic heterocycles. The molecule has 0 aliphatic carbocycles. The normalized spacial score (nSPS) is 19.9. The van der Waals surface area contributed by atoms with E-state index in [2.05, 4.69) is 17.6 Å². The standard InChI is InChI=1S/C18H28N2O3/c1-4-13(2)19-18(21)14(3)20-15-7-9-16(10-8-15)23-12-17-6-5-11-22-17/h7-10,13-14,17,20H,4-6,11-12H2,1-3H3,(H,19,21)/t13-,14-,17-/m0/s1. The van der Waals surface area contributed by atoms with Crippen LogP contribution in [0.1, 0.15) is 40.0 Å². The van der Waals surface area contributed by atoms with Crippen molar-refractivity contribution in [2.24, 2.45) is 0 Å². The van der Waals surface area contributed by atoms with Gasteiger partial charge in [-0.1, -0.05) is 6.92 Å². The smallest absolute Gasteiger partial charge is 0.242 e. The summed E-state index contributed by atoms with van der Waals surface area (Å²) < 4.78 is 11.3. The number of hydrogen-bond acceptors (Lipinski definition) is 4. The number of ether oxygens (including phenoxy) is 2. The molecule has 2 N–H and O–H groups in total. The van der Waals surface area contributed by atoms with Crippen molar-refractivity contribution < 1.29 is 14.3 Å². The Labute approximate surface area is 138 Å². The van der Waals surface area contributed by atoms with Gasteiger partial charge in [-0.25, -0.2) is 0 Å². The number of amides is 1. The predicted octanol–water partition coefficient (Wildman–Crippen LogP) is 2.96. The lowest BCUT2D eigenvalue weighted by Crippen LogP contribution is -2.41. The molecule has 23 heavy (non-hydrogen) atoms. The zero-order chi connectivity index (χ0) is 16.7. The highest BCUT2D eigenvalue weighted by Gasteiger charge is 2.16. The van der Waals surface area contributed by atoms with E-state index in [1.165, 1.54) is 0 Å². The van der Waals surface area contributed by atoms with E-state index in [-0.39, 0.29) is 24.1 Å². The topological polar surface area (TPSA) is 59.6 Å². The lowest BCUT2D eigenvalue weighted by Gasteiger charge is -2.18. The van der Waals surface area contributed by atoms with Gasteiger partial charge < -0.3 is 20.1 Å². The van der Waals surface area contributed by atoms with Gasteiger partial charge in [-0.3, -0.25) is 4.79 Å². The molecule has 1 aromatic carbocycles. The molecule has 0 bridgehead atoms. The van der Waals surface area contributed by atoms with E-state index >= 15 is 0 Å². The van der Waals surface area contributed by atoms with Crippen LogP contribution in [0.4, 0.5) is 5.69 Å². The first kappa shape index (κ1) is 17.6. The average Bonchev–Trinajstić information content (AvgIpc) is 3.07. The summed E-state index contributed by atoms with van der Waals surface area (Å²) in [5, 5.41) is 6.18. The van der Waals surface area contributed by atoms with Gasteiger partial charge in [0.25, 0.3) is 0 Å². The molecule has 0 saturated carbocycles. The van der Waals surface area contributed by atoms with Crippen molar-refractivity contribution in [3.05, 3.63) is 24.3 Å². The van der Waals surface area contributed by atoms with Crippen molar-refractivity contribution in [3.8, 4) is 5.75 Å². The lowest BCUT2D eigenvalue weighted by molar-refractivity contribution is -0.122. The maximum Gasteiger partial charge on any atom is 0.242 e. The van der Waals surface area contributed by atoms with Crippen LogP contribution in [0.25, 0.3) is 0 Å². The second-order valence-corrected chi connectivity index (χ2v) is 6.15. The highest BCUT2D eigenvalue weighted by Crippen LogP contribution is 2.19. The van der Waals surface area contributed by atoms with Gasteiger partial charge in [-0.2, -0.15) is 0 Å². The minimum absolute atomic E-state index is 0.0121. The molecule has 1 aromatic rings. The Hall–Kier alpha value is -1.75. The quantitative estimate of drug-likeness (QED) is 0.773. The van der Waals surface area contributed by atoms with Crippen LogP contribution in [0, 0.1) is 0 Å². The van der Waals surface area contributed by atoms with Crippen LogP contribution in [-0.2, 0) is 9.53 Å². The predicted molar refractivity (Wildman–Crippen MR) is 91.9 cm³/mol. The number of rotatable bonds is 8. The summed E-state index contributed by atoms with van der Waals surface area (Å²) in [5.74, 6) is 0.834. The fraction of sp³-hybridized carbons (Fsp3) is 0.611. The van der Waals surface area contributed by atoms with Gasteiger partial charge in [-0.05, 0) is 57.4 Å². The monoisotopic (exact) mass is 320 g/mol. The third-order valence-corrected chi connectivity index (χ3v) is 4.09. The summed E-state index contributed by atoms with van der Waals surface area (Å²) in [6.45, 7) is 7.36. The zero-order valence-corrected chi connectivity index (χ0v) is 14.3. The number of hydrogen-bond donors (Lipinski definition) is 2. The van der Waals surface area contributed by atoms with Gasteiger partial charge >= 0.3 is 0 Å². The Morgan fingerprint density at radius 2 is 2.09 bits per heavy atom. The summed E-state index contributed by atoms with van der Waals surface area (Å²) in [5.41, 5.74) is 0.904. The van der Waals surface area contributed by atoms with Gasteiger partial charge in [0.15, 0.2) is 0 Å². The molecule has 3 atom stereocenters. The van der Waals surface area contributed by atoms with E-state index in [9.17, 15) is 4.79 Å². The molecule has 1 heterocycles. The van der Waals surface area contributed by atoms with E-state index < -0.39 is 0 Å². The number of anilines is 1. The minimum Gasteiger partial charge on any atom is -0.491 e. The van der Waals surface area contributed by atoms with Gasteiger partial charge in [0.05, 0.1) is 6.10 Å². The van der Waals surface area contributed by atoms with Crippen LogP contribution < -0.4 is 15.4 Å². The highest BCUT2D eigenvalue weighted by atomic mass is 16.5. The van der Waals surface area contributed by atoms with Gasteiger partial charge in [-0.15, -0.1) is 0 Å². The zero-order valence-electron chi connectivity index (χ0n) is 14.3. The molecule has 0 spiro atoms. The van der Waals surface area contributed by atoms with Crippen LogP contribution in [0.2, 0.25) is 0 Å². The van der Waals surface area contributed by atoms with Crippen molar-refractivity contribution in [2.45, 2.75) is 58.2 Å². The molecule has 1 aliphatic rings. The van der Waals surface area contributed by atoms with Crippen molar-refractivity contribution in [3.63, 3.8) is 0 Å². The molecular weight excluding hydrogens is 292 g/mol. The van der Waals surface area contributed by atoms with Crippen molar-refractivity contribution >= 4 is 11.6 Å². The first-order chi connectivity index (χ1) is 11.1. The lowest BCUT2D eigenvalue weighted by atomic mass is 10.2. The van der Waals surface area contributed by atoms with Crippen LogP contribution in [0.15, 0.2) is 24.3 Å². The molecule has 128 valence electrons. The summed E-state index contributed by atoms with van der Waals surface area (Å²) in [7, 11) is 0. The third-order valence-electron chi connectivity index (χ3n) is 4.09. The second kappa shape index (κ2) is 8.77. The molecule has 5 nitrogen and oxygen atoms in total. The molecule has 5 heteroatoms. The number of benzene rings is 1. The van der Waals surface area contributed by atoms with E-state index in [1.54, 1.807) is 0 Å². The van der Waals surface area contributed by atoms with Crippen molar-refractivity contribution in [1.82, 2.24) is 5.32 Å². The Morgan fingerprint density at radius 3 is 2.70 bits per heavy atom.